The molecule has 0 aromatic carbocycles. The molecular formula is C29H63NO5Si. The summed E-state index contributed by atoms with van der Waals surface area (Å²) < 4.78 is 17.2. The molecular weight excluding hydrogens is 470 g/mol. The van der Waals surface area contributed by atoms with Gasteiger partial charge in [0.15, 0.2) is 9.76 Å². The van der Waals surface area contributed by atoms with E-state index in [4.69, 9.17) is 29.8 Å². The van der Waals surface area contributed by atoms with Crippen LogP contribution in [0.1, 0.15) is 131 Å². The van der Waals surface area contributed by atoms with Crippen LogP contribution in [-0.4, -0.2) is 58.4 Å². The van der Waals surface area contributed by atoms with Crippen molar-refractivity contribution in [1.82, 2.24) is 0 Å². The van der Waals surface area contributed by atoms with Crippen molar-refractivity contribution in [3.8, 4) is 0 Å². The van der Waals surface area contributed by atoms with E-state index in [2.05, 4.69) is 34.6 Å². The van der Waals surface area contributed by atoms with Crippen LogP contribution < -0.4 is 5.73 Å². The van der Waals surface area contributed by atoms with E-state index < -0.39 is 16.2 Å². The largest absolute Gasteiger partial charge is 0.394 e. The molecule has 0 rings (SSSR count). The van der Waals surface area contributed by atoms with Gasteiger partial charge >= 0.3 is 0 Å². The predicted molar refractivity (Wildman–Crippen MR) is 155 cm³/mol. The molecule has 2 atom stereocenters. The third kappa shape index (κ3) is 21.0. The van der Waals surface area contributed by atoms with E-state index in [9.17, 15) is 0 Å². The van der Waals surface area contributed by atoms with Gasteiger partial charge in [0.05, 0.1) is 26.4 Å². The van der Waals surface area contributed by atoms with Crippen molar-refractivity contribution < 1.29 is 24.1 Å². The molecule has 0 bridgehead atoms. The van der Waals surface area contributed by atoms with Crippen LogP contribution in [0.4, 0.5) is 0 Å². The Bertz CT molecular complexity index is 453. The van der Waals surface area contributed by atoms with Gasteiger partial charge in [-0.2, -0.15) is 0 Å². The van der Waals surface area contributed by atoms with Gasteiger partial charge in [0.25, 0.3) is 6.48 Å². The van der Waals surface area contributed by atoms with Crippen molar-refractivity contribution >= 4 is 9.76 Å². The minimum atomic E-state index is -1.00. The molecule has 0 aliphatic carbocycles. The van der Waals surface area contributed by atoms with Crippen LogP contribution in [0.2, 0.25) is 5.54 Å². The minimum absolute atomic E-state index is 0.0852. The molecule has 7 heteroatoms. The summed E-state index contributed by atoms with van der Waals surface area (Å²) in [6, 6.07) is 0. The molecule has 0 radical (unpaired) electrons. The molecule has 2 unspecified atom stereocenters. The van der Waals surface area contributed by atoms with Gasteiger partial charge in [0.2, 0.25) is 0 Å². The van der Waals surface area contributed by atoms with Crippen LogP contribution in [0.5, 0.6) is 0 Å². The van der Waals surface area contributed by atoms with Crippen molar-refractivity contribution in [2.75, 3.05) is 26.4 Å². The number of hydrogen-bond acceptors (Lipinski definition) is 6. The van der Waals surface area contributed by atoms with Crippen molar-refractivity contribution in [2.45, 2.75) is 148 Å². The summed E-state index contributed by atoms with van der Waals surface area (Å²) in [7, 11) is -1.00. The fraction of sp³-hybridized carbons (Fsp3) is 1.00. The van der Waals surface area contributed by atoms with E-state index in [-0.39, 0.29) is 32.0 Å². The molecule has 4 N–H and O–H groups in total. The summed E-state index contributed by atoms with van der Waals surface area (Å²) in [6.07, 6.45) is 19.9. The summed E-state index contributed by atoms with van der Waals surface area (Å²) in [6.45, 7) is 10.4. The number of nitrogens with two attached hydrogens (primary N) is 1. The lowest BCUT2D eigenvalue weighted by atomic mass is 9.78. The Balaban J connectivity index is 4.54. The monoisotopic (exact) mass is 533 g/mol. The highest BCUT2D eigenvalue weighted by Gasteiger charge is 2.34. The minimum Gasteiger partial charge on any atom is -0.394 e. The van der Waals surface area contributed by atoms with Gasteiger partial charge in [-0.05, 0) is 37.6 Å². The Kier molecular flexibility index (Phi) is 24.0. The normalized spacial score (nSPS) is 14.5. The van der Waals surface area contributed by atoms with Crippen molar-refractivity contribution in [3.05, 3.63) is 0 Å². The molecule has 0 spiro atoms. The maximum atomic E-state index is 9.11. The average molecular weight is 534 g/mol. The number of aliphatic hydroxyl groups is 2. The Hall–Kier alpha value is -0.0231. The first kappa shape index (κ1) is 36.0. The molecule has 0 amide bonds. The van der Waals surface area contributed by atoms with Crippen LogP contribution in [0.3, 0.4) is 0 Å². The number of ether oxygens (including phenoxy) is 2. The van der Waals surface area contributed by atoms with Crippen LogP contribution in [0.25, 0.3) is 0 Å². The van der Waals surface area contributed by atoms with Crippen molar-refractivity contribution in [2.24, 2.45) is 17.6 Å². The molecule has 0 aliphatic rings. The number of rotatable bonds is 27. The highest BCUT2D eigenvalue weighted by Crippen LogP contribution is 2.37. The topological polar surface area (TPSA) is 94.2 Å². The second kappa shape index (κ2) is 24.0. The van der Waals surface area contributed by atoms with Crippen LogP contribution in [-0.2, 0) is 13.9 Å². The average Bonchev–Trinajstić information content (AvgIpc) is 2.82. The van der Waals surface area contributed by atoms with Crippen molar-refractivity contribution in [1.29, 1.82) is 0 Å². The highest BCUT2D eigenvalue weighted by atomic mass is 28.2. The summed E-state index contributed by atoms with van der Waals surface area (Å²) >= 11 is 0. The van der Waals surface area contributed by atoms with Gasteiger partial charge in [0, 0.05) is 5.54 Å². The van der Waals surface area contributed by atoms with Crippen LogP contribution >= 0.6 is 0 Å². The zero-order valence-electron chi connectivity index (χ0n) is 24.6. The molecule has 0 aromatic rings. The molecule has 218 valence electrons. The van der Waals surface area contributed by atoms with Crippen molar-refractivity contribution in [3.63, 3.8) is 0 Å². The van der Waals surface area contributed by atoms with E-state index in [1.807, 2.05) is 0 Å². The quantitative estimate of drug-likeness (QED) is 0.0675. The summed E-state index contributed by atoms with van der Waals surface area (Å²) in [5, 5.41) is 18.2. The Morgan fingerprint density at radius 3 is 1.58 bits per heavy atom. The molecule has 0 heterocycles. The number of hydrogen-bond donors (Lipinski definition) is 3. The third-order valence-corrected chi connectivity index (χ3v) is 8.94. The lowest BCUT2D eigenvalue weighted by Gasteiger charge is -2.38. The standard InChI is InChI=1S/C29H63NO5Si/c1-6-7-8-9-10-11-12-13-14-15-16-17-18-19-27(26(24-25(2)3)29(4,5)30)36-35-28(33-22-20-31)34-23-21-32/h25-28,31-32H,6-24,30,36H2,1-5H3. The van der Waals surface area contributed by atoms with E-state index in [0.29, 0.717) is 17.4 Å². The van der Waals surface area contributed by atoms with Crippen LogP contribution in [0, 0.1) is 11.8 Å². The third-order valence-electron chi connectivity index (χ3n) is 7.07. The maximum absolute atomic E-state index is 9.11. The summed E-state index contributed by atoms with van der Waals surface area (Å²) in [5.74, 6) is 0.964. The molecule has 0 saturated heterocycles. The van der Waals surface area contributed by atoms with Gasteiger partial charge in [-0.3, -0.25) is 0 Å². The highest BCUT2D eigenvalue weighted by molar-refractivity contribution is 6.29. The molecule has 0 saturated carbocycles. The first-order chi connectivity index (χ1) is 17.3. The fourth-order valence-corrected chi connectivity index (χ4v) is 7.17. The number of aliphatic hydroxyl groups excluding tert-OH is 2. The van der Waals surface area contributed by atoms with E-state index >= 15 is 0 Å². The van der Waals surface area contributed by atoms with Gasteiger partial charge in [-0.15, -0.1) is 0 Å². The Morgan fingerprint density at radius 2 is 1.19 bits per heavy atom. The molecule has 0 fully saturated rings. The summed E-state index contributed by atoms with van der Waals surface area (Å²) in [5.41, 5.74) is 6.85. The smallest absolute Gasteiger partial charge is 0.261 e. The van der Waals surface area contributed by atoms with Gasteiger partial charge in [-0.25, -0.2) is 0 Å². The van der Waals surface area contributed by atoms with Crippen LogP contribution in [0.15, 0.2) is 0 Å². The van der Waals surface area contributed by atoms with E-state index in [0.717, 1.165) is 12.8 Å². The maximum Gasteiger partial charge on any atom is 0.261 e. The lowest BCUT2D eigenvalue weighted by molar-refractivity contribution is -0.253. The van der Waals surface area contributed by atoms with Gasteiger partial charge in [-0.1, -0.05) is 111 Å². The first-order valence-corrected chi connectivity index (χ1v) is 16.5. The fourth-order valence-electron chi connectivity index (χ4n) is 5.08. The molecule has 0 aromatic heterocycles. The molecule has 6 nitrogen and oxygen atoms in total. The Morgan fingerprint density at radius 1 is 0.750 bits per heavy atom. The second-order valence-electron chi connectivity index (χ2n) is 11.7. The van der Waals surface area contributed by atoms with Gasteiger partial charge in [0.1, 0.15) is 0 Å². The van der Waals surface area contributed by atoms with Gasteiger partial charge < -0.3 is 29.8 Å². The predicted octanol–water partition coefficient (Wildman–Crippen LogP) is 6.06. The molecule has 0 aliphatic heterocycles. The zero-order valence-corrected chi connectivity index (χ0v) is 26.1. The zero-order chi connectivity index (χ0) is 27.1. The first-order valence-electron chi connectivity index (χ1n) is 15.1. The molecule has 36 heavy (non-hydrogen) atoms. The Labute approximate surface area is 226 Å². The lowest BCUT2D eigenvalue weighted by Crippen LogP contribution is -2.45. The summed E-state index contributed by atoms with van der Waals surface area (Å²) in [4.78, 5) is 0. The van der Waals surface area contributed by atoms with E-state index in [1.165, 1.54) is 83.5 Å². The number of unbranched alkanes of at least 4 members (excludes halogenated alkanes) is 12. The second-order valence-corrected chi connectivity index (χ2v) is 13.4. The SMILES string of the molecule is CCCCCCCCCCCCCCCC([SiH2]OC(OCCO)OCCO)C(CC(C)C)C(C)(C)N. The van der Waals surface area contributed by atoms with E-state index in [1.54, 1.807) is 0 Å².